The van der Waals surface area contributed by atoms with E-state index in [-0.39, 0.29) is 11.7 Å². The van der Waals surface area contributed by atoms with Gasteiger partial charge in [-0.2, -0.15) is 0 Å². The molecule has 1 rings (SSSR count). The van der Waals surface area contributed by atoms with Gasteiger partial charge >= 0.3 is 0 Å². The van der Waals surface area contributed by atoms with Gasteiger partial charge in [0.25, 0.3) is 0 Å². The molecule has 4 heteroatoms. The predicted octanol–water partition coefficient (Wildman–Crippen LogP) is 2.83. The average molecular weight is 266 g/mol. The van der Waals surface area contributed by atoms with Gasteiger partial charge in [0.1, 0.15) is 5.82 Å². The quantitative estimate of drug-likeness (QED) is 0.790. The number of amides is 1. The molecular formula is C15H23FN2O. The van der Waals surface area contributed by atoms with Crippen molar-refractivity contribution in [3.8, 4) is 0 Å². The van der Waals surface area contributed by atoms with Crippen molar-refractivity contribution in [3.05, 3.63) is 29.6 Å². The fourth-order valence-electron chi connectivity index (χ4n) is 1.78. The number of unbranched alkanes of at least 4 members (excludes halogenated alkanes) is 1. The minimum absolute atomic E-state index is 0.0261. The van der Waals surface area contributed by atoms with Crippen LogP contribution >= 0.6 is 0 Å². The number of hydrogen-bond acceptors (Lipinski definition) is 2. The monoisotopic (exact) mass is 266 g/mol. The second kappa shape index (κ2) is 7.24. The first-order valence-electron chi connectivity index (χ1n) is 6.67. The largest absolute Gasteiger partial charge is 0.314 e. The summed E-state index contributed by atoms with van der Waals surface area (Å²) in [6.07, 6.45) is 2.18. The lowest BCUT2D eigenvalue weighted by Gasteiger charge is -2.22. The zero-order valence-corrected chi connectivity index (χ0v) is 12.2. The molecule has 106 valence electrons. The highest BCUT2D eigenvalue weighted by Gasteiger charge is 2.14. The summed E-state index contributed by atoms with van der Waals surface area (Å²) >= 11 is 0. The summed E-state index contributed by atoms with van der Waals surface area (Å²) < 4.78 is 13.5. The molecule has 0 spiro atoms. The van der Waals surface area contributed by atoms with Crippen LogP contribution < -0.4 is 4.90 Å². The third-order valence-electron chi connectivity index (χ3n) is 3.22. The molecule has 0 atom stereocenters. The maximum atomic E-state index is 13.5. The summed E-state index contributed by atoms with van der Waals surface area (Å²) in [6.45, 7) is 5.08. The Morgan fingerprint density at radius 1 is 1.32 bits per heavy atom. The molecule has 0 aliphatic rings. The summed E-state index contributed by atoms with van der Waals surface area (Å²) in [5.41, 5.74) is 1.18. The van der Waals surface area contributed by atoms with E-state index in [1.807, 2.05) is 11.9 Å². The van der Waals surface area contributed by atoms with E-state index in [0.717, 1.165) is 19.4 Å². The van der Waals surface area contributed by atoms with Crippen LogP contribution in [-0.2, 0) is 4.79 Å². The lowest BCUT2D eigenvalue weighted by molar-refractivity contribution is -0.119. The normalized spacial score (nSPS) is 10.8. The van der Waals surface area contributed by atoms with E-state index >= 15 is 0 Å². The van der Waals surface area contributed by atoms with E-state index in [2.05, 4.69) is 6.92 Å². The van der Waals surface area contributed by atoms with Crippen LogP contribution in [0.2, 0.25) is 0 Å². The van der Waals surface area contributed by atoms with Crippen molar-refractivity contribution in [2.24, 2.45) is 0 Å². The zero-order valence-electron chi connectivity index (χ0n) is 12.2. The molecule has 0 aliphatic carbocycles. The van der Waals surface area contributed by atoms with Gasteiger partial charge in [-0.3, -0.25) is 9.69 Å². The number of anilines is 1. The van der Waals surface area contributed by atoms with E-state index in [1.54, 1.807) is 26.1 Å². The molecule has 0 aliphatic heterocycles. The molecule has 0 N–H and O–H groups in total. The van der Waals surface area contributed by atoms with Gasteiger partial charge < -0.3 is 4.90 Å². The van der Waals surface area contributed by atoms with Crippen LogP contribution in [0.4, 0.5) is 10.1 Å². The summed E-state index contributed by atoms with van der Waals surface area (Å²) in [4.78, 5) is 15.6. The molecule has 19 heavy (non-hydrogen) atoms. The number of aryl methyl sites for hydroxylation is 1. The number of nitrogens with zero attached hydrogens (tertiary/aromatic N) is 2. The second-order valence-corrected chi connectivity index (χ2v) is 4.98. The van der Waals surface area contributed by atoms with E-state index in [0.29, 0.717) is 17.8 Å². The van der Waals surface area contributed by atoms with Crippen molar-refractivity contribution in [1.29, 1.82) is 0 Å². The standard InChI is InChI=1S/C15H23FN2O/c1-5-6-9-17(3)11-15(19)18(4)13-8-7-12(2)14(16)10-13/h7-8,10H,5-6,9,11H2,1-4H3. The number of rotatable bonds is 6. The van der Waals surface area contributed by atoms with Gasteiger partial charge in [-0.15, -0.1) is 0 Å². The van der Waals surface area contributed by atoms with Crippen molar-refractivity contribution in [1.82, 2.24) is 4.90 Å². The zero-order chi connectivity index (χ0) is 14.4. The molecule has 0 heterocycles. The Morgan fingerprint density at radius 3 is 2.58 bits per heavy atom. The van der Waals surface area contributed by atoms with E-state index in [1.165, 1.54) is 11.0 Å². The van der Waals surface area contributed by atoms with E-state index in [4.69, 9.17) is 0 Å². The highest BCUT2D eigenvalue weighted by molar-refractivity contribution is 5.94. The van der Waals surface area contributed by atoms with Crippen molar-refractivity contribution >= 4 is 11.6 Å². The maximum absolute atomic E-state index is 13.5. The summed E-state index contributed by atoms with van der Waals surface area (Å²) in [6, 6.07) is 4.86. The van der Waals surface area contributed by atoms with Crippen molar-refractivity contribution < 1.29 is 9.18 Å². The topological polar surface area (TPSA) is 23.6 Å². The molecule has 0 saturated heterocycles. The minimum Gasteiger partial charge on any atom is -0.314 e. The van der Waals surface area contributed by atoms with Crippen molar-refractivity contribution in [2.45, 2.75) is 26.7 Å². The smallest absolute Gasteiger partial charge is 0.240 e. The first-order valence-corrected chi connectivity index (χ1v) is 6.67. The van der Waals surface area contributed by atoms with Crippen LogP contribution in [0.1, 0.15) is 25.3 Å². The van der Waals surface area contributed by atoms with E-state index in [9.17, 15) is 9.18 Å². The molecule has 1 aromatic carbocycles. The highest BCUT2D eigenvalue weighted by Crippen LogP contribution is 2.17. The fourth-order valence-corrected chi connectivity index (χ4v) is 1.78. The van der Waals surface area contributed by atoms with Gasteiger partial charge in [0.05, 0.1) is 6.54 Å². The molecule has 0 aromatic heterocycles. The van der Waals surface area contributed by atoms with Crippen LogP contribution in [0.25, 0.3) is 0 Å². The molecule has 1 aromatic rings. The lowest BCUT2D eigenvalue weighted by atomic mass is 10.2. The molecule has 0 unspecified atom stereocenters. The lowest BCUT2D eigenvalue weighted by Crippen LogP contribution is -2.37. The fraction of sp³-hybridized carbons (Fsp3) is 0.533. The number of carbonyl (C=O) groups is 1. The molecular weight excluding hydrogens is 243 g/mol. The van der Waals surface area contributed by atoms with Gasteiger partial charge in [-0.25, -0.2) is 4.39 Å². The molecule has 1 amide bonds. The first-order chi connectivity index (χ1) is 8.95. The van der Waals surface area contributed by atoms with Crippen molar-refractivity contribution in [3.63, 3.8) is 0 Å². The predicted molar refractivity (Wildman–Crippen MR) is 77.0 cm³/mol. The number of hydrogen-bond donors (Lipinski definition) is 0. The Hall–Kier alpha value is -1.42. The van der Waals surface area contributed by atoms with Crippen LogP contribution in [0.5, 0.6) is 0 Å². The Labute approximate surface area is 115 Å². The molecule has 0 fully saturated rings. The average Bonchev–Trinajstić information content (AvgIpc) is 2.38. The third kappa shape index (κ3) is 4.63. The summed E-state index contributed by atoms with van der Waals surface area (Å²) in [5, 5.41) is 0. The van der Waals surface area contributed by atoms with Gasteiger partial charge in [-0.05, 0) is 44.6 Å². The number of benzene rings is 1. The van der Waals surface area contributed by atoms with Crippen LogP contribution in [0.15, 0.2) is 18.2 Å². The van der Waals surface area contributed by atoms with Gasteiger partial charge in [-0.1, -0.05) is 19.4 Å². The molecule has 0 radical (unpaired) electrons. The summed E-state index contributed by atoms with van der Waals surface area (Å²) in [7, 11) is 3.61. The van der Waals surface area contributed by atoms with Crippen LogP contribution in [0, 0.1) is 12.7 Å². The molecule has 3 nitrogen and oxygen atoms in total. The second-order valence-electron chi connectivity index (χ2n) is 4.98. The highest BCUT2D eigenvalue weighted by atomic mass is 19.1. The Morgan fingerprint density at radius 2 is 2.00 bits per heavy atom. The van der Waals surface area contributed by atoms with Crippen LogP contribution in [0.3, 0.4) is 0 Å². The number of carbonyl (C=O) groups excluding carboxylic acids is 1. The first kappa shape index (κ1) is 15.6. The minimum atomic E-state index is -0.281. The SMILES string of the molecule is CCCCN(C)CC(=O)N(C)c1ccc(C)c(F)c1. The Kier molecular flexibility index (Phi) is 5.96. The van der Waals surface area contributed by atoms with Gasteiger partial charge in [0.2, 0.25) is 5.91 Å². The Bertz CT molecular complexity index is 434. The summed E-state index contributed by atoms with van der Waals surface area (Å²) in [5.74, 6) is -0.307. The van der Waals surface area contributed by atoms with Crippen molar-refractivity contribution in [2.75, 3.05) is 32.1 Å². The van der Waals surface area contributed by atoms with E-state index < -0.39 is 0 Å². The maximum Gasteiger partial charge on any atom is 0.240 e. The molecule has 0 saturated carbocycles. The third-order valence-corrected chi connectivity index (χ3v) is 3.22. The Balaban J connectivity index is 2.63. The van der Waals surface area contributed by atoms with Gasteiger partial charge in [0.15, 0.2) is 0 Å². The van der Waals surface area contributed by atoms with Crippen LogP contribution in [-0.4, -0.2) is 38.0 Å². The number of likely N-dealkylation sites (N-methyl/N-ethyl adjacent to an activating group) is 2. The molecule has 0 bridgehead atoms. The van der Waals surface area contributed by atoms with Gasteiger partial charge in [0, 0.05) is 12.7 Å². The number of halogens is 1.